The van der Waals surface area contributed by atoms with Gasteiger partial charge < -0.3 is 10.2 Å². The molecule has 1 N–H and O–H groups in total. The highest BCUT2D eigenvalue weighted by Crippen LogP contribution is 2.34. The zero-order valence-electron chi connectivity index (χ0n) is 16.5. The lowest BCUT2D eigenvalue weighted by Gasteiger charge is -2.36. The minimum Gasteiger partial charge on any atom is -0.318 e. The Morgan fingerprint density at radius 2 is 1.89 bits per heavy atom. The van der Waals surface area contributed by atoms with Gasteiger partial charge in [0.25, 0.3) is 0 Å². The van der Waals surface area contributed by atoms with E-state index in [1.165, 1.54) is 0 Å². The van der Waals surface area contributed by atoms with Crippen molar-refractivity contribution in [2.45, 2.75) is 40.2 Å². The van der Waals surface area contributed by atoms with Crippen molar-refractivity contribution in [2.75, 3.05) is 16.8 Å². The highest BCUT2D eigenvalue weighted by molar-refractivity contribution is 6.01. The van der Waals surface area contributed by atoms with Crippen LogP contribution in [0.5, 0.6) is 0 Å². The largest absolute Gasteiger partial charge is 0.329 e. The molecule has 150 valence electrons. The maximum Gasteiger partial charge on any atom is 0.329 e. The molecule has 3 rings (SSSR count). The average molecular weight is 403 g/mol. The summed E-state index contributed by atoms with van der Waals surface area (Å²) in [4.78, 5) is 33.3. The summed E-state index contributed by atoms with van der Waals surface area (Å²) in [5.74, 6) is 0.418. The number of amides is 3. The second-order valence-electron chi connectivity index (χ2n) is 6.84. The van der Waals surface area contributed by atoms with Crippen LogP contribution in [0.15, 0.2) is 42.5 Å². The van der Waals surface area contributed by atoms with Crippen LogP contribution >= 0.6 is 12.4 Å². The molecule has 0 unspecified atom stereocenters. The molecular weight excluding hydrogens is 376 g/mol. The SMILES string of the molecule is CCCN1Cc2nc(NC(=O)[C@H](C)CC)ccc2N(c2ccccc2)C1=O.Cl. The number of nitrogens with zero attached hydrogens (tertiary/aromatic N) is 3. The Labute approximate surface area is 172 Å². The summed E-state index contributed by atoms with van der Waals surface area (Å²) in [5, 5.41) is 2.88. The number of hydrogen-bond acceptors (Lipinski definition) is 3. The lowest BCUT2D eigenvalue weighted by atomic mass is 10.1. The number of nitrogens with one attached hydrogen (secondary N) is 1. The number of pyridine rings is 1. The van der Waals surface area contributed by atoms with Gasteiger partial charge in [-0.25, -0.2) is 9.78 Å². The lowest BCUT2D eigenvalue weighted by Crippen LogP contribution is -2.45. The summed E-state index contributed by atoms with van der Waals surface area (Å²) in [6.07, 6.45) is 1.64. The zero-order chi connectivity index (χ0) is 19.4. The van der Waals surface area contributed by atoms with E-state index in [1.807, 2.05) is 57.2 Å². The van der Waals surface area contributed by atoms with Crippen LogP contribution in [0.3, 0.4) is 0 Å². The lowest BCUT2D eigenvalue weighted by molar-refractivity contribution is -0.119. The third-order valence-corrected chi connectivity index (χ3v) is 4.81. The Morgan fingerprint density at radius 1 is 1.18 bits per heavy atom. The van der Waals surface area contributed by atoms with Crippen LogP contribution in [0, 0.1) is 5.92 Å². The number of urea groups is 1. The number of aromatic nitrogens is 1. The molecule has 28 heavy (non-hydrogen) atoms. The topological polar surface area (TPSA) is 65.5 Å². The van der Waals surface area contributed by atoms with E-state index in [0.717, 1.165) is 29.9 Å². The number of carbonyl (C=O) groups is 2. The summed E-state index contributed by atoms with van der Waals surface area (Å²) >= 11 is 0. The van der Waals surface area contributed by atoms with E-state index in [-0.39, 0.29) is 30.3 Å². The van der Waals surface area contributed by atoms with Gasteiger partial charge in [0, 0.05) is 12.5 Å². The molecule has 0 saturated heterocycles. The van der Waals surface area contributed by atoms with Crippen molar-refractivity contribution in [3.63, 3.8) is 0 Å². The van der Waals surface area contributed by atoms with E-state index in [4.69, 9.17) is 0 Å². The maximum atomic E-state index is 13.0. The quantitative estimate of drug-likeness (QED) is 0.741. The fourth-order valence-electron chi connectivity index (χ4n) is 3.08. The molecule has 1 atom stereocenters. The Kier molecular flexibility index (Phi) is 7.40. The number of para-hydroxylation sites is 1. The van der Waals surface area contributed by atoms with E-state index in [1.54, 1.807) is 15.9 Å². The fourth-order valence-corrected chi connectivity index (χ4v) is 3.08. The van der Waals surface area contributed by atoms with Crippen molar-refractivity contribution < 1.29 is 9.59 Å². The zero-order valence-corrected chi connectivity index (χ0v) is 17.3. The van der Waals surface area contributed by atoms with E-state index in [2.05, 4.69) is 10.3 Å². The molecular formula is C21H27ClN4O2. The predicted octanol–water partition coefficient (Wildman–Crippen LogP) is 4.97. The number of benzene rings is 1. The molecule has 1 aromatic carbocycles. The molecule has 0 radical (unpaired) electrons. The summed E-state index contributed by atoms with van der Waals surface area (Å²) in [7, 11) is 0. The van der Waals surface area contributed by atoms with Crippen LogP contribution in [-0.4, -0.2) is 28.4 Å². The molecule has 6 nitrogen and oxygen atoms in total. The highest BCUT2D eigenvalue weighted by Gasteiger charge is 2.32. The maximum absolute atomic E-state index is 13.0. The molecule has 3 amide bonds. The first kappa shape index (κ1) is 21.7. The molecule has 7 heteroatoms. The molecule has 0 fully saturated rings. The van der Waals surface area contributed by atoms with Gasteiger partial charge in [-0.3, -0.25) is 9.69 Å². The minimum absolute atomic E-state index is 0. The van der Waals surface area contributed by atoms with Crippen molar-refractivity contribution in [2.24, 2.45) is 5.92 Å². The van der Waals surface area contributed by atoms with Crippen LogP contribution < -0.4 is 10.2 Å². The van der Waals surface area contributed by atoms with Gasteiger partial charge in [-0.2, -0.15) is 0 Å². The van der Waals surface area contributed by atoms with E-state index >= 15 is 0 Å². The molecule has 1 aliphatic rings. The Balaban J connectivity index is 0.00000280. The summed E-state index contributed by atoms with van der Waals surface area (Å²) in [6.45, 7) is 7.03. The Hall–Kier alpha value is -2.60. The van der Waals surface area contributed by atoms with Gasteiger partial charge in [-0.05, 0) is 37.1 Å². The highest BCUT2D eigenvalue weighted by atomic mass is 35.5. The molecule has 1 aromatic heterocycles. The number of halogens is 1. The van der Waals surface area contributed by atoms with Crippen molar-refractivity contribution >= 4 is 41.5 Å². The molecule has 1 aliphatic heterocycles. The van der Waals surface area contributed by atoms with Gasteiger partial charge in [-0.1, -0.05) is 39.0 Å². The molecule has 0 bridgehead atoms. The van der Waals surface area contributed by atoms with Crippen LogP contribution in [0.1, 0.15) is 39.3 Å². The van der Waals surface area contributed by atoms with Crippen LogP contribution in [-0.2, 0) is 11.3 Å². The average Bonchev–Trinajstić information content (AvgIpc) is 2.69. The molecule has 2 aromatic rings. The van der Waals surface area contributed by atoms with Gasteiger partial charge in [0.1, 0.15) is 5.82 Å². The van der Waals surface area contributed by atoms with E-state index in [9.17, 15) is 9.59 Å². The first-order valence-electron chi connectivity index (χ1n) is 9.50. The third-order valence-electron chi connectivity index (χ3n) is 4.81. The minimum atomic E-state index is -0.0678. The number of carbonyl (C=O) groups excluding carboxylic acids is 2. The summed E-state index contributed by atoms with van der Waals surface area (Å²) in [6, 6.07) is 13.2. The third kappa shape index (κ3) is 4.44. The molecule has 0 saturated carbocycles. The van der Waals surface area contributed by atoms with Gasteiger partial charge >= 0.3 is 6.03 Å². The van der Waals surface area contributed by atoms with Crippen molar-refractivity contribution in [1.82, 2.24) is 9.88 Å². The Morgan fingerprint density at radius 3 is 2.54 bits per heavy atom. The normalized spacial score (nSPS) is 14.2. The van der Waals surface area contributed by atoms with Crippen molar-refractivity contribution in [1.29, 1.82) is 0 Å². The second-order valence-corrected chi connectivity index (χ2v) is 6.84. The second kappa shape index (κ2) is 9.55. The van der Waals surface area contributed by atoms with E-state index < -0.39 is 0 Å². The van der Waals surface area contributed by atoms with Crippen LogP contribution in [0.2, 0.25) is 0 Å². The number of rotatable bonds is 6. The van der Waals surface area contributed by atoms with Gasteiger partial charge in [-0.15, -0.1) is 12.4 Å². The first-order chi connectivity index (χ1) is 13.0. The van der Waals surface area contributed by atoms with Gasteiger partial charge in [0.2, 0.25) is 5.91 Å². The monoisotopic (exact) mass is 402 g/mol. The van der Waals surface area contributed by atoms with E-state index in [0.29, 0.717) is 18.9 Å². The standard InChI is InChI=1S/C21H26N4O2.ClH/c1-4-13-24-14-17-18(25(21(24)27)16-9-7-6-8-10-16)11-12-19(22-17)23-20(26)15(3)5-2;/h6-12,15H,4-5,13-14H2,1-3H3,(H,22,23,26);1H/t15-;/m1./s1. The number of hydrogen-bond donors (Lipinski definition) is 1. The summed E-state index contributed by atoms with van der Waals surface area (Å²) < 4.78 is 0. The molecule has 0 aliphatic carbocycles. The number of fused-ring (bicyclic) bond motifs is 1. The van der Waals surface area contributed by atoms with Crippen molar-refractivity contribution in [3.8, 4) is 0 Å². The predicted molar refractivity (Wildman–Crippen MR) is 114 cm³/mol. The first-order valence-corrected chi connectivity index (χ1v) is 9.50. The Bertz CT molecular complexity index is 828. The fraction of sp³-hybridized carbons (Fsp3) is 0.381. The van der Waals surface area contributed by atoms with Crippen LogP contribution in [0.4, 0.5) is 22.0 Å². The van der Waals surface area contributed by atoms with Gasteiger partial charge in [0.15, 0.2) is 0 Å². The van der Waals surface area contributed by atoms with Crippen molar-refractivity contribution in [3.05, 3.63) is 48.2 Å². The number of anilines is 3. The van der Waals surface area contributed by atoms with Gasteiger partial charge in [0.05, 0.1) is 23.6 Å². The summed E-state index contributed by atoms with van der Waals surface area (Å²) in [5.41, 5.74) is 2.36. The molecule has 2 heterocycles. The van der Waals surface area contributed by atoms with Crippen LogP contribution in [0.25, 0.3) is 0 Å². The smallest absolute Gasteiger partial charge is 0.318 e. The molecule has 0 spiro atoms.